The standard InChI is InChI=1S/C17H14ClF3N2O2/c1-10(24)12-4-2-3-5-14(12)22-9-16(25)23-15-7-6-11(18)8-13(15)17(19,20)21/h2-8,22H,9H2,1H3,(H,23,25). The Bertz CT molecular complexity index is 807. The number of anilines is 2. The second kappa shape index (κ2) is 7.57. The van der Waals surface area contributed by atoms with Crippen LogP contribution in [0.1, 0.15) is 22.8 Å². The molecule has 2 aromatic rings. The predicted octanol–water partition coefficient (Wildman–Crippen LogP) is 4.61. The lowest BCUT2D eigenvalue weighted by atomic mass is 10.1. The number of benzene rings is 2. The summed E-state index contributed by atoms with van der Waals surface area (Å²) < 4.78 is 39.0. The average Bonchev–Trinajstić information content (AvgIpc) is 2.54. The third kappa shape index (κ3) is 4.96. The molecule has 0 saturated heterocycles. The van der Waals surface area contributed by atoms with Crippen LogP contribution >= 0.6 is 11.6 Å². The van der Waals surface area contributed by atoms with Crippen molar-refractivity contribution in [1.29, 1.82) is 0 Å². The molecule has 2 N–H and O–H groups in total. The van der Waals surface area contributed by atoms with Crippen LogP contribution in [0.5, 0.6) is 0 Å². The highest BCUT2D eigenvalue weighted by molar-refractivity contribution is 6.30. The molecule has 1 amide bonds. The summed E-state index contributed by atoms with van der Waals surface area (Å²) in [4.78, 5) is 23.5. The Kier molecular flexibility index (Phi) is 5.69. The van der Waals surface area contributed by atoms with Gasteiger partial charge in [-0.05, 0) is 37.3 Å². The van der Waals surface area contributed by atoms with Gasteiger partial charge in [0.2, 0.25) is 5.91 Å². The van der Waals surface area contributed by atoms with Crippen LogP contribution in [0.2, 0.25) is 5.02 Å². The minimum absolute atomic E-state index is 0.0844. The first-order valence-electron chi connectivity index (χ1n) is 7.19. The van der Waals surface area contributed by atoms with E-state index in [1.165, 1.54) is 13.0 Å². The minimum atomic E-state index is -4.65. The molecule has 0 unspecified atom stereocenters. The van der Waals surface area contributed by atoms with Crippen LogP contribution in [-0.2, 0) is 11.0 Å². The molecule has 0 heterocycles. The molecule has 0 aromatic heterocycles. The summed E-state index contributed by atoms with van der Waals surface area (Å²) in [6.07, 6.45) is -4.65. The highest BCUT2D eigenvalue weighted by atomic mass is 35.5. The summed E-state index contributed by atoms with van der Waals surface area (Å²) in [6, 6.07) is 9.63. The van der Waals surface area contributed by atoms with Crippen molar-refractivity contribution in [1.82, 2.24) is 0 Å². The van der Waals surface area contributed by atoms with Crippen LogP contribution in [0.3, 0.4) is 0 Å². The maximum atomic E-state index is 13.0. The Balaban J connectivity index is 2.11. The number of carbonyl (C=O) groups excluding carboxylic acids is 2. The fourth-order valence-electron chi connectivity index (χ4n) is 2.17. The first kappa shape index (κ1) is 18.8. The van der Waals surface area contributed by atoms with Crippen LogP contribution < -0.4 is 10.6 Å². The number of para-hydroxylation sites is 1. The highest BCUT2D eigenvalue weighted by Crippen LogP contribution is 2.36. The smallest absolute Gasteiger partial charge is 0.376 e. The van der Waals surface area contributed by atoms with Gasteiger partial charge in [0, 0.05) is 16.3 Å². The molecule has 0 atom stereocenters. The van der Waals surface area contributed by atoms with E-state index in [4.69, 9.17) is 11.6 Å². The summed E-state index contributed by atoms with van der Waals surface area (Å²) in [6.45, 7) is 1.08. The van der Waals surface area contributed by atoms with Gasteiger partial charge in [0.25, 0.3) is 0 Å². The first-order valence-corrected chi connectivity index (χ1v) is 7.56. The zero-order chi connectivity index (χ0) is 18.6. The van der Waals surface area contributed by atoms with Gasteiger partial charge >= 0.3 is 6.18 Å². The molecule has 2 aromatic carbocycles. The third-order valence-electron chi connectivity index (χ3n) is 3.31. The molecule has 0 saturated carbocycles. The molecule has 0 bridgehead atoms. The normalized spacial score (nSPS) is 11.1. The number of halogens is 4. The SMILES string of the molecule is CC(=O)c1ccccc1NCC(=O)Nc1ccc(Cl)cc1C(F)(F)F. The topological polar surface area (TPSA) is 58.2 Å². The number of rotatable bonds is 5. The van der Waals surface area contributed by atoms with Gasteiger partial charge in [0.15, 0.2) is 5.78 Å². The van der Waals surface area contributed by atoms with Gasteiger partial charge in [-0.1, -0.05) is 23.7 Å². The fourth-order valence-corrected chi connectivity index (χ4v) is 2.35. The highest BCUT2D eigenvalue weighted by Gasteiger charge is 2.34. The molecular weight excluding hydrogens is 357 g/mol. The molecule has 4 nitrogen and oxygen atoms in total. The number of amides is 1. The summed E-state index contributed by atoms with van der Waals surface area (Å²) >= 11 is 5.59. The maximum absolute atomic E-state index is 13.0. The Labute approximate surface area is 147 Å². The second-order valence-corrected chi connectivity index (χ2v) is 5.63. The van der Waals surface area contributed by atoms with Crippen molar-refractivity contribution in [2.75, 3.05) is 17.2 Å². The Morgan fingerprint density at radius 2 is 1.76 bits per heavy atom. The van der Waals surface area contributed by atoms with Crippen molar-refractivity contribution in [2.45, 2.75) is 13.1 Å². The molecule has 0 aliphatic heterocycles. The Morgan fingerprint density at radius 3 is 2.40 bits per heavy atom. The van der Waals surface area contributed by atoms with E-state index in [9.17, 15) is 22.8 Å². The van der Waals surface area contributed by atoms with Gasteiger partial charge < -0.3 is 10.6 Å². The van der Waals surface area contributed by atoms with E-state index < -0.39 is 17.6 Å². The van der Waals surface area contributed by atoms with Gasteiger partial charge in [-0.15, -0.1) is 0 Å². The summed E-state index contributed by atoms with van der Waals surface area (Å²) in [5.41, 5.74) is -0.601. The van der Waals surface area contributed by atoms with Crippen LogP contribution in [0, 0.1) is 0 Å². The fraction of sp³-hybridized carbons (Fsp3) is 0.176. The Hall–Kier alpha value is -2.54. The van der Waals surface area contributed by atoms with Crippen molar-refractivity contribution >= 4 is 34.7 Å². The molecule has 0 spiro atoms. The molecule has 0 aliphatic carbocycles. The van der Waals surface area contributed by atoms with E-state index in [0.29, 0.717) is 11.3 Å². The number of nitrogens with one attached hydrogen (secondary N) is 2. The predicted molar refractivity (Wildman–Crippen MR) is 90.0 cm³/mol. The van der Waals surface area contributed by atoms with E-state index in [1.54, 1.807) is 24.3 Å². The summed E-state index contributed by atoms with van der Waals surface area (Å²) in [7, 11) is 0. The number of hydrogen-bond donors (Lipinski definition) is 2. The van der Waals surface area contributed by atoms with E-state index in [2.05, 4.69) is 10.6 Å². The lowest BCUT2D eigenvalue weighted by Crippen LogP contribution is -2.24. The van der Waals surface area contributed by atoms with Crippen LogP contribution in [-0.4, -0.2) is 18.2 Å². The van der Waals surface area contributed by atoms with Gasteiger partial charge in [-0.3, -0.25) is 9.59 Å². The average molecular weight is 371 g/mol. The van der Waals surface area contributed by atoms with Gasteiger partial charge in [0.1, 0.15) is 0 Å². The molecule has 0 aliphatic rings. The van der Waals surface area contributed by atoms with Crippen molar-refractivity contribution < 1.29 is 22.8 Å². The molecule has 2 rings (SSSR count). The lowest BCUT2D eigenvalue weighted by molar-refractivity contribution is -0.137. The van der Waals surface area contributed by atoms with Crippen molar-refractivity contribution in [2.24, 2.45) is 0 Å². The largest absolute Gasteiger partial charge is 0.418 e. The van der Waals surface area contributed by atoms with E-state index in [1.807, 2.05) is 0 Å². The zero-order valence-electron chi connectivity index (χ0n) is 13.1. The molecule has 0 fully saturated rings. The van der Waals surface area contributed by atoms with E-state index in [-0.39, 0.29) is 23.0 Å². The van der Waals surface area contributed by atoms with Gasteiger partial charge in [0.05, 0.1) is 17.8 Å². The second-order valence-electron chi connectivity index (χ2n) is 5.19. The van der Waals surface area contributed by atoms with Gasteiger partial charge in [-0.2, -0.15) is 13.2 Å². The molecule has 25 heavy (non-hydrogen) atoms. The van der Waals surface area contributed by atoms with Crippen LogP contribution in [0.4, 0.5) is 24.5 Å². The quantitative estimate of drug-likeness (QED) is 0.755. The van der Waals surface area contributed by atoms with E-state index >= 15 is 0 Å². The molecule has 0 radical (unpaired) electrons. The van der Waals surface area contributed by atoms with Crippen molar-refractivity contribution in [3.8, 4) is 0 Å². The number of alkyl halides is 3. The molecular formula is C17H14ClF3N2O2. The summed E-state index contributed by atoms with van der Waals surface area (Å²) in [5, 5.41) is 4.86. The lowest BCUT2D eigenvalue weighted by Gasteiger charge is -2.15. The van der Waals surface area contributed by atoms with Crippen molar-refractivity contribution in [3.63, 3.8) is 0 Å². The van der Waals surface area contributed by atoms with Crippen LogP contribution in [0.15, 0.2) is 42.5 Å². The summed E-state index contributed by atoms with van der Waals surface area (Å²) in [5.74, 6) is -0.883. The van der Waals surface area contributed by atoms with Gasteiger partial charge in [-0.25, -0.2) is 0 Å². The monoisotopic (exact) mass is 370 g/mol. The molecule has 132 valence electrons. The van der Waals surface area contributed by atoms with Crippen LogP contribution in [0.25, 0.3) is 0 Å². The van der Waals surface area contributed by atoms with E-state index in [0.717, 1.165) is 12.1 Å². The zero-order valence-corrected chi connectivity index (χ0v) is 13.8. The maximum Gasteiger partial charge on any atom is 0.418 e. The number of hydrogen-bond acceptors (Lipinski definition) is 3. The number of carbonyl (C=O) groups is 2. The molecule has 8 heteroatoms. The Morgan fingerprint density at radius 1 is 1.08 bits per heavy atom. The third-order valence-corrected chi connectivity index (χ3v) is 3.54. The minimum Gasteiger partial charge on any atom is -0.376 e. The van der Waals surface area contributed by atoms with Crippen molar-refractivity contribution in [3.05, 3.63) is 58.6 Å². The number of ketones is 1. The first-order chi connectivity index (χ1) is 11.7. The number of Topliss-reactive ketones (excluding diaryl/α,β-unsaturated/α-hetero) is 1.